The maximum absolute atomic E-state index is 13.1. The second-order valence-corrected chi connectivity index (χ2v) is 7.61. The zero-order valence-corrected chi connectivity index (χ0v) is 16.1. The minimum atomic E-state index is -0.173. The summed E-state index contributed by atoms with van der Waals surface area (Å²) in [7, 11) is 0. The standard InChI is InChI=1S/C19H24N4O4/c1-10-16(12(3)26-20-10)9-23-15-6-5-14(18(23)24)7-22(8-15)19(25)17-11(2)21-27-13(17)4/h14-15H,5-9H2,1-4H3/t14-,15+/m1/s1. The van der Waals surface area contributed by atoms with Gasteiger partial charge in [-0.05, 0) is 40.5 Å². The SMILES string of the molecule is Cc1noc(C)c1CN1C(=O)[C@@H]2CC[C@H]1CN(C(=O)c1c(C)noc1C)C2. The summed E-state index contributed by atoms with van der Waals surface area (Å²) in [6.07, 6.45) is 1.71. The van der Waals surface area contributed by atoms with Crippen molar-refractivity contribution >= 4 is 11.8 Å². The van der Waals surface area contributed by atoms with Crippen molar-refractivity contribution in [3.05, 3.63) is 34.0 Å². The van der Waals surface area contributed by atoms with Crippen molar-refractivity contribution in [2.45, 2.75) is 53.1 Å². The van der Waals surface area contributed by atoms with Gasteiger partial charge in [-0.2, -0.15) is 0 Å². The number of amides is 2. The summed E-state index contributed by atoms with van der Waals surface area (Å²) in [5.74, 6) is 1.10. The molecule has 5 heterocycles. The van der Waals surface area contributed by atoms with E-state index in [1.54, 1.807) is 18.7 Å². The Labute approximate surface area is 157 Å². The third kappa shape index (κ3) is 2.93. The van der Waals surface area contributed by atoms with E-state index in [1.165, 1.54) is 0 Å². The van der Waals surface area contributed by atoms with Crippen LogP contribution in [-0.4, -0.2) is 51.1 Å². The number of carbonyl (C=O) groups is 2. The van der Waals surface area contributed by atoms with E-state index in [0.29, 0.717) is 36.7 Å². The Morgan fingerprint density at radius 1 is 1.04 bits per heavy atom. The first-order valence-electron chi connectivity index (χ1n) is 9.31. The molecule has 2 aromatic heterocycles. The molecule has 0 aliphatic carbocycles. The van der Waals surface area contributed by atoms with Gasteiger partial charge >= 0.3 is 0 Å². The molecule has 3 saturated heterocycles. The molecule has 0 saturated carbocycles. The van der Waals surface area contributed by atoms with Gasteiger partial charge in [-0.15, -0.1) is 0 Å². The summed E-state index contributed by atoms with van der Waals surface area (Å²) >= 11 is 0. The summed E-state index contributed by atoms with van der Waals surface area (Å²) < 4.78 is 10.4. The highest BCUT2D eigenvalue weighted by molar-refractivity contribution is 5.96. The molecule has 5 rings (SSSR count). The van der Waals surface area contributed by atoms with Gasteiger partial charge in [0.25, 0.3) is 5.91 Å². The topological polar surface area (TPSA) is 92.7 Å². The van der Waals surface area contributed by atoms with Gasteiger partial charge in [-0.3, -0.25) is 9.59 Å². The van der Waals surface area contributed by atoms with Gasteiger partial charge < -0.3 is 18.8 Å². The van der Waals surface area contributed by atoms with E-state index in [4.69, 9.17) is 9.05 Å². The molecule has 8 heteroatoms. The van der Waals surface area contributed by atoms with E-state index < -0.39 is 0 Å². The molecule has 2 bridgehead atoms. The Balaban J connectivity index is 1.60. The van der Waals surface area contributed by atoms with E-state index >= 15 is 0 Å². The Morgan fingerprint density at radius 3 is 2.37 bits per heavy atom. The molecular formula is C19H24N4O4. The van der Waals surface area contributed by atoms with E-state index in [-0.39, 0.29) is 23.8 Å². The molecular weight excluding hydrogens is 348 g/mol. The number of nitrogens with zero attached hydrogens (tertiary/aromatic N) is 4. The predicted molar refractivity (Wildman–Crippen MR) is 94.9 cm³/mol. The highest BCUT2D eigenvalue weighted by Crippen LogP contribution is 2.32. The summed E-state index contributed by atoms with van der Waals surface area (Å²) in [5.41, 5.74) is 2.87. The fourth-order valence-corrected chi connectivity index (χ4v) is 4.26. The Hall–Kier alpha value is -2.64. The average molecular weight is 372 g/mol. The summed E-state index contributed by atoms with van der Waals surface area (Å²) in [4.78, 5) is 29.8. The highest BCUT2D eigenvalue weighted by atomic mass is 16.5. The normalized spacial score (nSPS) is 22.4. The summed E-state index contributed by atoms with van der Waals surface area (Å²) in [6, 6.07) is -0.00521. The van der Waals surface area contributed by atoms with Crippen LogP contribution in [0, 0.1) is 33.6 Å². The lowest BCUT2D eigenvalue weighted by molar-refractivity contribution is -0.140. The summed E-state index contributed by atoms with van der Waals surface area (Å²) in [6.45, 7) is 8.71. The summed E-state index contributed by atoms with van der Waals surface area (Å²) in [5, 5.41) is 7.88. The number of fused-ring (bicyclic) bond motifs is 4. The van der Waals surface area contributed by atoms with Crippen LogP contribution in [0.15, 0.2) is 9.05 Å². The molecule has 0 N–H and O–H groups in total. The second kappa shape index (κ2) is 6.51. The molecule has 0 radical (unpaired) electrons. The van der Waals surface area contributed by atoms with Crippen LogP contribution in [0.4, 0.5) is 0 Å². The van der Waals surface area contributed by atoms with Crippen molar-refractivity contribution in [2.75, 3.05) is 13.1 Å². The second-order valence-electron chi connectivity index (χ2n) is 7.61. The molecule has 2 amide bonds. The number of hydrogen-bond donors (Lipinski definition) is 0. The van der Waals surface area contributed by atoms with Gasteiger partial charge in [0.15, 0.2) is 0 Å². The zero-order chi connectivity index (χ0) is 19.3. The van der Waals surface area contributed by atoms with E-state index in [0.717, 1.165) is 29.9 Å². The predicted octanol–water partition coefficient (Wildman–Crippen LogP) is 2.16. The van der Waals surface area contributed by atoms with Crippen LogP contribution in [0.3, 0.4) is 0 Å². The molecule has 144 valence electrons. The zero-order valence-electron chi connectivity index (χ0n) is 16.1. The molecule has 27 heavy (non-hydrogen) atoms. The van der Waals surface area contributed by atoms with E-state index in [1.807, 2.05) is 18.7 Å². The minimum Gasteiger partial charge on any atom is -0.361 e. The van der Waals surface area contributed by atoms with Gasteiger partial charge in [0, 0.05) is 24.7 Å². The van der Waals surface area contributed by atoms with Gasteiger partial charge in [0.1, 0.15) is 17.1 Å². The lowest BCUT2D eigenvalue weighted by Gasteiger charge is -2.35. The van der Waals surface area contributed by atoms with Crippen molar-refractivity contribution in [2.24, 2.45) is 5.92 Å². The quantitative estimate of drug-likeness (QED) is 0.820. The van der Waals surface area contributed by atoms with Crippen molar-refractivity contribution in [1.29, 1.82) is 0 Å². The third-order valence-electron chi connectivity index (χ3n) is 5.84. The van der Waals surface area contributed by atoms with Crippen molar-refractivity contribution < 1.29 is 18.6 Å². The number of rotatable bonds is 3. The fraction of sp³-hybridized carbons (Fsp3) is 0.579. The molecule has 2 atom stereocenters. The molecule has 0 aromatic carbocycles. The number of piperidine rings is 1. The number of hydrogen-bond acceptors (Lipinski definition) is 6. The van der Waals surface area contributed by atoms with E-state index in [2.05, 4.69) is 10.3 Å². The van der Waals surface area contributed by atoms with Crippen LogP contribution >= 0.6 is 0 Å². The number of aryl methyl sites for hydroxylation is 4. The third-order valence-corrected chi connectivity index (χ3v) is 5.84. The lowest BCUT2D eigenvalue weighted by atomic mass is 9.93. The van der Waals surface area contributed by atoms with Gasteiger partial charge in [-0.1, -0.05) is 10.3 Å². The number of aromatic nitrogens is 2. The van der Waals surface area contributed by atoms with Gasteiger partial charge in [0.05, 0.1) is 23.9 Å². The number of carbonyl (C=O) groups excluding carboxylic acids is 2. The Morgan fingerprint density at radius 2 is 1.74 bits per heavy atom. The highest BCUT2D eigenvalue weighted by Gasteiger charge is 2.43. The molecule has 2 aromatic rings. The molecule has 3 aliphatic rings. The van der Waals surface area contributed by atoms with Crippen LogP contribution in [-0.2, 0) is 11.3 Å². The van der Waals surface area contributed by atoms with Crippen molar-refractivity contribution in [3.8, 4) is 0 Å². The van der Waals surface area contributed by atoms with Gasteiger partial charge in [-0.25, -0.2) is 0 Å². The molecule has 0 unspecified atom stereocenters. The maximum atomic E-state index is 13.1. The smallest absolute Gasteiger partial charge is 0.259 e. The van der Waals surface area contributed by atoms with Gasteiger partial charge in [0.2, 0.25) is 5.91 Å². The average Bonchev–Trinajstić information content (AvgIpc) is 2.99. The monoisotopic (exact) mass is 372 g/mol. The van der Waals surface area contributed by atoms with Crippen molar-refractivity contribution in [3.63, 3.8) is 0 Å². The fourth-order valence-electron chi connectivity index (χ4n) is 4.26. The minimum absolute atomic E-state index is 0.00521. The van der Waals surface area contributed by atoms with Crippen LogP contribution in [0.25, 0.3) is 0 Å². The van der Waals surface area contributed by atoms with Crippen LogP contribution in [0.2, 0.25) is 0 Å². The van der Waals surface area contributed by atoms with Crippen LogP contribution in [0.1, 0.15) is 51.7 Å². The Kier molecular flexibility index (Phi) is 4.28. The first kappa shape index (κ1) is 17.8. The molecule has 8 nitrogen and oxygen atoms in total. The van der Waals surface area contributed by atoms with Crippen LogP contribution < -0.4 is 0 Å². The molecule has 3 aliphatic heterocycles. The first-order valence-corrected chi connectivity index (χ1v) is 9.31. The van der Waals surface area contributed by atoms with E-state index in [9.17, 15) is 9.59 Å². The Bertz CT molecular complexity index is 861. The maximum Gasteiger partial charge on any atom is 0.259 e. The first-order chi connectivity index (χ1) is 12.9. The molecule has 3 fully saturated rings. The molecule has 0 spiro atoms. The largest absolute Gasteiger partial charge is 0.361 e. The van der Waals surface area contributed by atoms with Crippen molar-refractivity contribution in [1.82, 2.24) is 20.1 Å². The lowest BCUT2D eigenvalue weighted by Crippen LogP contribution is -2.47. The van der Waals surface area contributed by atoms with Crippen LogP contribution in [0.5, 0.6) is 0 Å².